The number of carbonyl (C=O) groups excluding carboxylic acids is 1. The Morgan fingerprint density at radius 2 is 2.07 bits per heavy atom. The minimum atomic E-state index is -0.127. The Morgan fingerprint density at radius 3 is 2.90 bits per heavy atom. The number of fused-ring (bicyclic) bond motifs is 1. The summed E-state index contributed by atoms with van der Waals surface area (Å²) in [6.45, 7) is 1.02. The van der Waals surface area contributed by atoms with Crippen LogP contribution in [-0.4, -0.2) is 52.4 Å². The Labute approximate surface area is 174 Å². The van der Waals surface area contributed by atoms with Gasteiger partial charge in [-0.1, -0.05) is 43.4 Å². The minimum absolute atomic E-state index is 0.0178. The molecular formula is C21H28N4O3S. The molecule has 3 fully saturated rings. The minimum Gasteiger partial charge on any atom is -0.371 e. The highest BCUT2D eigenvalue weighted by Gasteiger charge is 2.49. The molecule has 0 unspecified atom stereocenters. The third kappa shape index (κ3) is 4.25. The van der Waals surface area contributed by atoms with Gasteiger partial charge in [0.15, 0.2) is 0 Å². The van der Waals surface area contributed by atoms with Crippen LogP contribution in [0.25, 0.3) is 0 Å². The van der Waals surface area contributed by atoms with E-state index in [9.17, 15) is 4.79 Å². The summed E-state index contributed by atoms with van der Waals surface area (Å²) in [6, 6.07) is 3.86. The van der Waals surface area contributed by atoms with E-state index in [2.05, 4.69) is 21.8 Å². The van der Waals surface area contributed by atoms with Crippen molar-refractivity contribution in [2.45, 2.75) is 69.2 Å². The van der Waals surface area contributed by atoms with Gasteiger partial charge >= 0.3 is 0 Å². The molecule has 1 amide bonds. The highest BCUT2D eigenvalue weighted by Crippen LogP contribution is 2.34. The molecule has 1 saturated carbocycles. The number of ether oxygens (including phenoxy) is 2. The second-order valence-electron chi connectivity index (χ2n) is 8.49. The van der Waals surface area contributed by atoms with Crippen LogP contribution in [-0.2, 0) is 27.1 Å². The van der Waals surface area contributed by atoms with Crippen LogP contribution >= 0.6 is 11.3 Å². The van der Waals surface area contributed by atoms with Gasteiger partial charge in [-0.25, -0.2) is 4.68 Å². The molecule has 0 aromatic carbocycles. The van der Waals surface area contributed by atoms with Crippen LogP contribution in [0.3, 0.4) is 0 Å². The molecule has 4 heterocycles. The molecule has 0 spiro atoms. The van der Waals surface area contributed by atoms with Gasteiger partial charge in [0.2, 0.25) is 5.91 Å². The second kappa shape index (κ2) is 8.53. The highest BCUT2D eigenvalue weighted by molar-refractivity contribution is 7.10. The Hall–Kier alpha value is -1.77. The number of carbonyl (C=O) groups is 1. The number of rotatable bonds is 6. The van der Waals surface area contributed by atoms with Gasteiger partial charge < -0.3 is 14.8 Å². The summed E-state index contributed by atoms with van der Waals surface area (Å²) in [5.41, 5.74) is 1.07. The van der Waals surface area contributed by atoms with E-state index in [0.717, 1.165) is 22.9 Å². The van der Waals surface area contributed by atoms with Crippen LogP contribution in [0.15, 0.2) is 23.7 Å². The zero-order chi connectivity index (χ0) is 19.6. The van der Waals surface area contributed by atoms with E-state index >= 15 is 0 Å². The van der Waals surface area contributed by atoms with Gasteiger partial charge in [0.1, 0.15) is 18.2 Å². The molecular weight excluding hydrogens is 388 g/mol. The third-order valence-electron chi connectivity index (χ3n) is 6.41. The number of nitrogens with one attached hydrogen (secondary N) is 1. The highest BCUT2D eigenvalue weighted by atomic mass is 32.1. The van der Waals surface area contributed by atoms with Crippen molar-refractivity contribution in [2.75, 3.05) is 13.2 Å². The fraction of sp³-hybridized carbons (Fsp3) is 0.667. The van der Waals surface area contributed by atoms with E-state index in [1.165, 1.54) is 32.1 Å². The molecule has 29 heavy (non-hydrogen) atoms. The topological polar surface area (TPSA) is 78.3 Å². The molecule has 7 nitrogen and oxygen atoms in total. The third-order valence-corrected chi connectivity index (χ3v) is 7.29. The van der Waals surface area contributed by atoms with Crippen molar-refractivity contribution in [1.29, 1.82) is 0 Å². The predicted octanol–water partition coefficient (Wildman–Crippen LogP) is 2.53. The lowest BCUT2D eigenvalue weighted by atomic mass is 9.86. The summed E-state index contributed by atoms with van der Waals surface area (Å²) in [6.07, 6.45) is 9.93. The number of hydrogen-bond acceptors (Lipinski definition) is 6. The van der Waals surface area contributed by atoms with E-state index in [1.54, 1.807) is 11.3 Å². The molecule has 2 aromatic heterocycles. The maximum atomic E-state index is 12.4. The van der Waals surface area contributed by atoms with Gasteiger partial charge in [-0.15, -0.1) is 16.4 Å². The van der Waals surface area contributed by atoms with E-state index in [0.29, 0.717) is 19.6 Å². The summed E-state index contributed by atoms with van der Waals surface area (Å²) in [7, 11) is 0. The van der Waals surface area contributed by atoms with E-state index < -0.39 is 0 Å². The van der Waals surface area contributed by atoms with E-state index in [4.69, 9.17) is 9.47 Å². The Balaban J connectivity index is 1.17. The first-order chi connectivity index (χ1) is 14.3. The van der Waals surface area contributed by atoms with Gasteiger partial charge in [-0.3, -0.25) is 4.79 Å². The largest absolute Gasteiger partial charge is 0.371 e. The van der Waals surface area contributed by atoms with Gasteiger partial charge in [-0.2, -0.15) is 0 Å². The molecule has 8 heteroatoms. The molecule has 2 aliphatic heterocycles. The first kappa shape index (κ1) is 19.2. The Kier molecular flexibility index (Phi) is 5.65. The van der Waals surface area contributed by atoms with E-state index in [1.807, 2.05) is 22.2 Å². The fourth-order valence-corrected chi connectivity index (χ4v) is 5.62. The molecule has 5 rings (SSSR count). The molecule has 4 atom stereocenters. The normalized spacial score (nSPS) is 29.8. The second-order valence-corrected chi connectivity index (χ2v) is 9.52. The lowest BCUT2D eigenvalue weighted by Crippen LogP contribution is -2.44. The number of amides is 1. The predicted molar refractivity (Wildman–Crippen MR) is 109 cm³/mol. The molecule has 0 bridgehead atoms. The van der Waals surface area contributed by atoms with Gasteiger partial charge in [0.05, 0.1) is 31.4 Å². The Morgan fingerprint density at radius 1 is 1.21 bits per heavy atom. The average Bonchev–Trinajstić information content (AvgIpc) is 3.49. The van der Waals surface area contributed by atoms with Crippen molar-refractivity contribution in [3.8, 4) is 0 Å². The molecule has 3 aliphatic rings. The van der Waals surface area contributed by atoms with Crippen molar-refractivity contribution in [3.05, 3.63) is 34.3 Å². The van der Waals surface area contributed by atoms with E-state index in [-0.39, 0.29) is 30.2 Å². The van der Waals surface area contributed by atoms with Crippen LogP contribution in [0, 0.1) is 5.92 Å². The lowest BCUT2D eigenvalue weighted by Gasteiger charge is -2.20. The monoisotopic (exact) mass is 416 g/mol. The van der Waals surface area contributed by atoms with Gasteiger partial charge in [0.25, 0.3) is 0 Å². The zero-order valence-corrected chi connectivity index (χ0v) is 17.4. The molecule has 2 aromatic rings. The maximum Gasteiger partial charge on any atom is 0.225 e. The smallest absolute Gasteiger partial charge is 0.225 e. The lowest BCUT2D eigenvalue weighted by molar-refractivity contribution is -0.121. The van der Waals surface area contributed by atoms with Gasteiger partial charge in [0, 0.05) is 11.1 Å². The van der Waals surface area contributed by atoms with Crippen LogP contribution in [0.4, 0.5) is 0 Å². The zero-order valence-electron chi connectivity index (χ0n) is 16.5. The summed E-state index contributed by atoms with van der Waals surface area (Å²) < 4.78 is 14.0. The standard InChI is InChI=1S/C21H28N4O3S/c26-19(10-16-7-4-8-29-16)22-17-12-27-21-18(13-28-20(17)21)25-11-15(23-24-25)9-14-5-2-1-3-6-14/h4,7-8,11,14,17-18,20-21H,1-3,5-6,9-10,12-13H2,(H,22,26)/t17-,18-,20+,21+/m0/s1. The van der Waals surface area contributed by atoms with Crippen molar-refractivity contribution in [3.63, 3.8) is 0 Å². The summed E-state index contributed by atoms with van der Waals surface area (Å²) in [5.74, 6) is 0.761. The summed E-state index contributed by atoms with van der Waals surface area (Å²) in [4.78, 5) is 13.4. The number of aromatic nitrogens is 3. The fourth-order valence-electron chi connectivity index (χ4n) is 4.91. The first-order valence-corrected chi connectivity index (χ1v) is 11.6. The van der Waals surface area contributed by atoms with Crippen LogP contribution in [0.5, 0.6) is 0 Å². The maximum absolute atomic E-state index is 12.4. The summed E-state index contributed by atoms with van der Waals surface area (Å²) in [5, 5.41) is 13.9. The van der Waals surface area contributed by atoms with Crippen LogP contribution < -0.4 is 5.32 Å². The molecule has 1 aliphatic carbocycles. The average molecular weight is 417 g/mol. The van der Waals surface area contributed by atoms with Gasteiger partial charge in [-0.05, 0) is 23.8 Å². The quantitative estimate of drug-likeness (QED) is 0.783. The molecule has 2 saturated heterocycles. The molecule has 0 radical (unpaired) electrons. The molecule has 1 N–H and O–H groups in total. The van der Waals surface area contributed by atoms with Crippen molar-refractivity contribution >= 4 is 17.2 Å². The molecule has 156 valence electrons. The number of thiophene rings is 1. The first-order valence-electron chi connectivity index (χ1n) is 10.7. The number of nitrogens with zero attached hydrogens (tertiary/aromatic N) is 3. The van der Waals surface area contributed by atoms with Crippen molar-refractivity contribution in [2.24, 2.45) is 5.92 Å². The van der Waals surface area contributed by atoms with Crippen LogP contribution in [0.2, 0.25) is 0 Å². The van der Waals surface area contributed by atoms with Crippen molar-refractivity contribution in [1.82, 2.24) is 20.3 Å². The summed E-state index contributed by atoms with van der Waals surface area (Å²) >= 11 is 1.60. The Bertz CT molecular complexity index is 818. The van der Waals surface area contributed by atoms with Crippen molar-refractivity contribution < 1.29 is 14.3 Å². The SMILES string of the molecule is O=C(Cc1cccs1)N[C@H]1CO[C@H]2[C@@H]1OC[C@@H]2n1cc(CC2CCCCC2)nn1. The van der Waals surface area contributed by atoms with Crippen LogP contribution in [0.1, 0.15) is 48.7 Å². The number of hydrogen-bond donors (Lipinski definition) is 1.